The maximum Gasteiger partial charge on any atom is 0.262 e. The molecular formula is C18H22N4O4. The zero-order valence-corrected chi connectivity index (χ0v) is 14.6. The highest BCUT2D eigenvalue weighted by Crippen LogP contribution is 2.29. The first kappa shape index (κ1) is 18.2. The van der Waals surface area contributed by atoms with Gasteiger partial charge in [-0.25, -0.2) is 0 Å². The second-order valence-electron chi connectivity index (χ2n) is 6.73. The topological polar surface area (TPSA) is 122 Å². The van der Waals surface area contributed by atoms with Gasteiger partial charge in [0.2, 0.25) is 11.8 Å². The Bertz CT molecular complexity index is 774. The van der Waals surface area contributed by atoms with Crippen LogP contribution in [0.1, 0.15) is 52.5 Å². The summed E-state index contributed by atoms with van der Waals surface area (Å²) in [4.78, 5) is 50.0. The summed E-state index contributed by atoms with van der Waals surface area (Å²) >= 11 is 0. The summed E-state index contributed by atoms with van der Waals surface area (Å²) in [5, 5.41) is 5.41. The van der Waals surface area contributed by atoms with Crippen LogP contribution in [0.3, 0.4) is 0 Å². The summed E-state index contributed by atoms with van der Waals surface area (Å²) in [6.45, 7) is 3.04. The van der Waals surface area contributed by atoms with Crippen LogP contribution in [0.5, 0.6) is 0 Å². The van der Waals surface area contributed by atoms with E-state index in [9.17, 15) is 19.2 Å². The van der Waals surface area contributed by atoms with Crippen LogP contribution >= 0.6 is 0 Å². The van der Waals surface area contributed by atoms with Crippen molar-refractivity contribution < 1.29 is 19.2 Å². The Morgan fingerprint density at radius 3 is 2.73 bits per heavy atom. The van der Waals surface area contributed by atoms with Crippen molar-refractivity contribution in [2.24, 2.45) is 5.73 Å². The molecule has 2 aliphatic rings. The lowest BCUT2D eigenvalue weighted by atomic mass is 10.0. The van der Waals surface area contributed by atoms with E-state index < -0.39 is 23.8 Å². The SMILES string of the molecule is C[C@H](N)CCNCc1cccc2c1C(=O)N(C1CCC(=O)NC1=O)C2=O. The standard InChI is InChI=1S/C18H22N4O4/c1-10(19)7-8-20-9-11-3-2-4-12-15(11)18(26)22(17(12)25)13-5-6-14(23)21-16(13)24/h2-4,10,13,20H,5-9,19H2,1H3,(H,21,23,24)/t10-,13?/m0/s1. The number of hydrogen-bond acceptors (Lipinski definition) is 6. The number of nitrogens with two attached hydrogens (primary N) is 1. The van der Waals surface area contributed by atoms with Crippen LogP contribution in [0.2, 0.25) is 0 Å². The fraction of sp³-hybridized carbons (Fsp3) is 0.444. The van der Waals surface area contributed by atoms with E-state index in [2.05, 4.69) is 10.6 Å². The number of nitrogens with zero attached hydrogens (tertiary/aromatic N) is 1. The number of imide groups is 2. The predicted molar refractivity (Wildman–Crippen MR) is 93.1 cm³/mol. The molecule has 3 rings (SSSR count). The lowest BCUT2D eigenvalue weighted by molar-refractivity contribution is -0.136. The molecule has 0 radical (unpaired) electrons. The van der Waals surface area contributed by atoms with Crippen molar-refractivity contribution in [2.45, 2.75) is 44.8 Å². The number of carbonyl (C=O) groups excluding carboxylic acids is 4. The van der Waals surface area contributed by atoms with Crippen molar-refractivity contribution in [3.8, 4) is 0 Å². The van der Waals surface area contributed by atoms with Crippen molar-refractivity contribution in [1.29, 1.82) is 0 Å². The second kappa shape index (κ2) is 7.35. The molecule has 2 atom stereocenters. The second-order valence-corrected chi connectivity index (χ2v) is 6.73. The van der Waals surface area contributed by atoms with Crippen LogP contribution in [0.15, 0.2) is 18.2 Å². The number of amides is 4. The van der Waals surface area contributed by atoms with Gasteiger partial charge in [0, 0.05) is 19.0 Å². The molecule has 4 amide bonds. The van der Waals surface area contributed by atoms with E-state index in [1.54, 1.807) is 18.2 Å². The first-order valence-electron chi connectivity index (χ1n) is 8.70. The third-order valence-electron chi connectivity index (χ3n) is 4.65. The van der Waals surface area contributed by atoms with Gasteiger partial charge < -0.3 is 11.1 Å². The third-order valence-corrected chi connectivity index (χ3v) is 4.65. The Hall–Kier alpha value is -2.58. The summed E-state index contributed by atoms with van der Waals surface area (Å²) in [5.41, 5.74) is 7.05. The first-order chi connectivity index (χ1) is 12.4. The maximum atomic E-state index is 12.9. The van der Waals surface area contributed by atoms with E-state index in [-0.39, 0.29) is 24.8 Å². The first-order valence-corrected chi connectivity index (χ1v) is 8.70. The zero-order valence-electron chi connectivity index (χ0n) is 14.6. The Morgan fingerprint density at radius 1 is 1.27 bits per heavy atom. The average Bonchev–Trinajstić information content (AvgIpc) is 2.84. The van der Waals surface area contributed by atoms with Crippen LogP contribution in [-0.4, -0.2) is 47.2 Å². The van der Waals surface area contributed by atoms with E-state index in [0.29, 0.717) is 29.8 Å². The zero-order chi connectivity index (χ0) is 18.8. The molecule has 1 unspecified atom stereocenters. The van der Waals surface area contributed by atoms with Gasteiger partial charge in [-0.05, 0) is 37.9 Å². The predicted octanol–water partition coefficient (Wildman–Crippen LogP) is -0.0853. The molecule has 1 saturated heterocycles. The summed E-state index contributed by atoms with van der Waals surface area (Å²) < 4.78 is 0. The van der Waals surface area contributed by atoms with Gasteiger partial charge in [0.25, 0.3) is 11.8 Å². The van der Waals surface area contributed by atoms with E-state index in [0.717, 1.165) is 11.3 Å². The Kier molecular flexibility index (Phi) is 5.15. The minimum absolute atomic E-state index is 0.0789. The molecule has 0 spiro atoms. The molecular weight excluding hydrogens is 336 g/mol. The Balaban J connectivity index is 1.80. The summed E-state index contributed by atoms with van der Waals surface area (Å²) in [7, 11) is 0. The number of hydrogen-bond donors (Lipinski definition) is 3. The molecule has 0 aliphatic carbocycles. The van der Waals surface area contributed by atoms with Crippen LogP contribution in [0, 0.1) is 0 Å². The van der Waals surface area contributed by atoms with E-state index in [4.69, 9.17) is 5.73 Å². The van der Waals surface area contributed by atoms with Crippen molar-refractivity contribution in [1.82, 2.24) is 15.5 Å². The lowest BCUT2D eigenvalue weighted by Gasteiger charge is -2.27. The number of piperidine rings is 1. The molecule has 138 valence electrons. The van der Waals surface area contributed by atoms with E-state index in [1.807, 2.05) is 6.92 Å². The number of benzene rings is 1. The van der Waals surface area contributed by atoms with Gasteiger partial charge in [0.1, 0.15) is 6.04 Å². The fourth-order valence-corrected chi connectivity index (χ4v) is 3.29. The van der Waals surface area contributed by atoms with Gasteiger partial charge in [-0.3, -0.25) is 29.4 Å². The van der Waals surface area contributed by atoms with Gasteiger partial charge in [0.15, 0.2) is 0 Å². The molecule has 8 nitrogen and oxygen atoms in total. The number of carbonyl (C=O) groups is 4. The highest BCUT2D eigenvalue weighted by Gasteiger charge is 2.45. The Labute approximate surface area is 151 Å². The third kappa shape index (κ3) is 3.38. The smallest absolute Gasteiger partial charge is 0.262 e. The van der Waals surface area contributed by atoms with E-state index in [1.165, 1.54) is 0 Å². The number of fused-ring (bicyclic) bond motifs is 1. The van der Waals surface area contributed by atoms with Crippen LogP contribution in [0.25, 0.3) is 0 Å². The van der Waals surface area contributed by atoms with E-state index >= 15 is 0 Å². The van der Waals surface area contributed by atoms with Gasteiger partial charge in [0.05, 0.1) is 11.1 Å². The van der Waals surface area contributed by atoms with Crippen molar-refractivity contribution >= 4 is 23.6 Å². The molecule has 1 aromatic rings. The highest BCUT2D eigenvalue weighted by atomic mass is 16.2. The van der Waals surface area contributed by atoms with Gasteiger partial charge >= 0.3 is 0 Å². The Morgan fingerprint density at radius 2 is 2.04 bits per heavy atom. The lowest BCUT2D eigenvalue weighted by Crippen LogP contribution is -2.54. The molecule has 1 aromatic carbocycles. The normalized spacial score (nSPS) is 21.0. The quantitative estimate of drug-likeness (QED) is 0.483. The largest absolute Gasteiger partial charge is 0.328 e. The molecule has 1 fully saturated rings. The summed E-state index contributed by atoms with van der Waals surface area (Å²) in [5.74, 6) is -1.96. The molecule has 0 bridgehead atoms. The maximum absolute atomic E-state index is 12.9. The molecule has 2 heterocycles. The van der Waals surface area contributed by atoms with Crippen LogP contribution < -0.4 is 16.4 Å². The molecule has 0 saturated carbocycles. The minimum Gasteiger partial charge on any atom is -0.328 e. The fourth-order valence-electron chi connectivity index (χ4n) is 3.29. The molecule has 26 heavy (non-hydrogen) atoms. The monoisotopic (exact) mass is 358 g/mol. The molecule has 2 aliphatic heterocycles. The summed E-state index contributed by atoms with van der Waals surface area (Å²) in [6, 6.07) is 4.24. The molecule has 0 aromatic heterocycles. The minimum atomic E-state index is -0.945. The highest BCUT2D eigenvalue weighted by molar-refractivity contribution is 6.24. The van der Waals surface area contributed by atoms with Gasteiger partial charge in [-0.1, -0.05) is 12.1 Å². The number of rotatable bonds is 6. The van der Waals surface area contributed by atoms with Gasteiger partial charge in [-0.15, -0.1) is 0 Å². The van der Waals surface area contributed by atoms with Crippen molar-refractivity contribution in [2.75, 3.05) is 6.54 Å². The summed E-state index contributed by atoms with van der Waals surface area (Å²) in [6.07, 6.45) is 1.05. The number of nitrogens with one attached hydrogen (secondary N) is 2. The van der Waals surface area contributed by atoms with Gasteiger partial charge in [-0.2, -0.15) is 0 Å². The van der Waals surface area contributed by atoms with Crippen molar-refractivity contribution in [3.63, 3.8) is 0 Å². The van der Waals surface area contributed by atoms with Crippen molar-refractivity contribution in [3.05, 3.63) is 34.9 Å². The average molecular weight is 358 g/mol. The molecule has 8 heteroatoms. The van der Waals surface area contributed by atoms with Crippen LogP contribution in [0.4, 0.5) is 0 Å². The van der Waals surface area contributed by atoms with Crippen LogP contribution in [-0.2, 0) is 16.1 Å². The molecule has 4 N–H and O–H groups in total.